The van der Waals surface area contributed by atoms with Crippen molar-refractivity contribution < 1.29 is 5.11 Å². The molecule has 2 unspecified atom stereocenters. The molecule has 2 atom stereocenters. The van der Waals surface area contributed by atoms with Gasteiger partial charge in [-0.2, -0.15) is 0 Å². The van der Waals surface area contributed by atoms with Crippen molar-refractivity contribution in [2.24, 2.45) is 0 Å². The highest BCUT2D eigenvalue weighted by Crippen LogP contribution is 2.27. The Morgan fingerprint density at radius 1 is 1.24 bits per heavy atom. The van der Waals surface area contributed by atoms with Gasteiger partial charge in [-0.15, -0.1) is 10.2 Å². The third kappa shape index (κ3) is 2.65. The Morgan fingerprint density at radius 3 is 2.86 bits per heavy atom. The second kappa shape index (κ2) is 5.48. The molecule has 1 aromatic carbocycles. The van der Waals surface area contributed by atoms with Crippen LogP contribution >= 0.6 is 0 Å². The largest absolute Gasteiger partial charge is 0.508 e. The number of aryl methyl sites for hydroxylation is 2. The lowest BCUT2D eigenvalue weighted by Crippen LogP contribution is -2.25. The van der Waals surface area contributed by atoms with Crippen molar-refractivity contribution in [2.75, 3.05) is 0 Å². The van der Waals surface area contributed by atoms with Crippen LogP contribution in [-0.2, 0) is 13.0 Å². The van der Waals surface area contributed by atoms with Gasteiger partial charge in [-0.25, -0.2) is 0 Å². The van der Waals surface area contributed by atoms with E-state index in [1.165, 1.54) is 0 Å². The van der Waals surface area contributed by atoms with E-state index >= 15 is 0 Å². The van der Waals surface area contributed by atoms with E-state index in [1.54, 1.807) is 6.07 Å². The SMILES string of the molecule is Cc1ccc(O)c(C(C)NC(C)c2nnc3n2CCC3)c1. The van der Waals surface area contributed by atoms with Crippen LogP contribution in [0.25, 0.3) is 0 Å². The second-order valence-corrected chi connectivity index (χ2v) is 5.90. The average molecular weight is 286 g/mol. The van der Waals surface area contributed by atoms with Gasteiger partial charge in [0.25, 0.3) is 0 Å². The zero-order valence-corrected chi connectivity index (χ0v) is 12.8. The van der Waals surface area contributed by atoms with Crippen LogP contribution < -0.4 is 5.32 Å². The summed E-state index contributed by atoms with van der Waals surface area (Å²) in [4.78, 5) is 0. The van der Waals surface area contributed by atoms with E-state index in [0.29, 0.717) is 5.75 Å². The summed E-state index contributed by atoms with van der Waals surface area (Å²) in [5, 5.41) is 22.1. The molecule has 0 radical (unpaired) electrons. The highest BCUT2D eigenvalue weighted by molar-refractivity contribution is 5.37. The Hall–Kier alpha value is -1.88. The number of nitrogens with zero attached hydrogens (tertiary/aromatic N) is 3. The molecule has 0 aliphatic carbocycles. The van der Waals surface area contributed by atoms with Gasteiger partial charge in [0.05, 0.1) is 6.04 Å². The lowest BCUT2D eigenvalue weighted by Gasteiger charge is -2.21. The molecular weight excluding hydrogens is 264 g/mol. The number of rotatable bonds is 4. The number of phenolic OH excluding ortho intramolecular Hbond substituents is 1. The topological polar surface area (TPSA) is 63.0 Å². The first-order valence-corrected chi connectivity index (χ1v) is 7.54. The summed E-state index contributed by atoms with van der Waals surface area (Å²) in [5.41, 5.74) is 2.07. The normalized spacial score (nSPS) is 16.7. The Morgan fingerprint density at radius 2 is 2.05 bits per heavy atom. The predicted molar refractivity (Wildman–Crippen MR) is 81.2 cm³/mol. The molecule has 2 aromatic rings. The maximum atomic E-state index is 10.0. The van der Waals surface area contributed by atoms with Gasteiger partial charge in [-0.1, -0.05) is 17.7 Å². The fourth-order valence-electron chi connectivity index (χ4n) is 3.05. The smallest absolute Gasteiger partial charge is 0.149 e. The molecule has 0 amide bonds. The van der Waals surface area contributed by atoms with E-state index in [4.69, 9.17) is 0 Å². The number of aromatic nitrogens is 3. The quantitative estimate of drug-likeness (QED) is 0.907. The number of fused-ring (bicyclic) bond motifs is 1. The molecular formula is C16H22N4O. The molecule has 112 valence electrons. The van der Waals surface area contributed by atoms with Crippen molar-refractivity contribution in [3.63, 3.8) is 0 Å². The highest BCUT2D eigenvalue weighted by Gasteiger charge is 2.23. The van der Waals surface area contributed by atoms with E-state index in [0.717, 1.165) is 42.2 Å². The molecule has 5 nitrogen and oxygen atoms in total. The van der Waals surface area contributed by atoms with Crippen LogP contribution in [0.3, 0.4) is 0 Å². The molecule has 0 spiro atoms. The number of benzene rings is 1. The molecule has 0 bridgehead atoms. The predicted octanol–water partition coefficient (Wildman–Crippen LogP) is 2.65. The van der Waals surface area contributed by atoms with Gasteiger partial charge in [0, 0.05) is 24.6 Å². The van der Waals surface area contributed by atoms with E-state index in [2.05, 4.69) is 33.9 Å². The summed E-state index contributed by atoms with van der Waals surface area (Å²) in [6.07, 6.45) is 2.17. The summed E-state index contributed by atoms with van der Waals surface area (Å²) in [7, 11) is 0. The average Bonchev–Trinajstić information content (AvgIpc) is 3.03. The van der Waals surface area contributed by atoms with Crippen molar-refractivity contribution >= 4 is 0 Å². The highest BCUT2D eigenvalue weighted by atomic mass is 16.3. The molecule has 0 saturated carbocycles. The third-order valence-electron chi connectivity index (χ3n) is 4.17. The van der Waals surface area contributed by atoms with Gasteiger partial charge >= 0.3 is 0 Å². The van der Waals surface area contributed by atoms with Gasteiger partial charge < -0.3 is 15.0 Å². The van der Waals surface area contributed by atoms with E-state index in [-0.39, 0.29) is 12.1 Å². The van der Waals surface area contributed by atoms with Crippen molar-refractivity contribution in [1.82, 2.24) is 20.1 Å². The maximum Gasteiger partial charge on any atom is 0.149 e. The van der Waals surface area contributed by atoms with Crippen molar-refractivity contribution in [2.45, 2.75) is 52.2 Å². The number of phenols is 1. The second-order valence-electron chi connectivity index (χ2n) is 5.90. The molecule has 0 fully saturated rings. The summed E-state index contributed by atoms with van der Waals surface area (Å²) >= 11 is 0. The van der Waals surface area contributed by atoms with E-state index in [1.807, 2.05) is 19.1 Å². The summed E-state index contributed by atoms with van der Waals surface area (Å²) in [6.45, 7) is 7.20. The molecule has 1 aliphatic heterocycles. The number of nitrogens with one attached hydrogen (secondary N) is 1. The van der Waals surface area contributed by atoms with Crippen molar-refractivity contribution in [1.29, 1.82) is 0 Å². The van der Waals surface area contributed by atoms with Gasteiger partial charge in [-0.05, 0) is 33.3 Å². The number of hydrogen-bond donors (Lipinski definition) is 2. The Bertz CT molecular complexity index is 650. The standard InChI is InChI=1S/C16H22N4O/c1-10-6-7-14(21)13(9-10)11(2)17-12(3)16-19-18-15-5-4-8-20(15)16/h6-7,9,11-12,17,21H,4-5,8H2,1-3H3. The van der Waals surface area contributed by atoms with Crippen LogP contribution in [-0.4, -0.2) is 19.9 Å². The molecule has 2 heterocycles. The minimum Gasteiger partial charge on any atom is -0.508 e. The van der Waals surface area contributed by atoms with Crippen molar-refractivity contribution in [3.8, 4) is 5.75 Å². The zero-order chi connectivity index (χ0) is 15.0. The van der Waals surface area contributed by atoms with Crippen molar-refractivity contribution in [3.05, 3.63) is 41.0 Å². The van der Waals surface area contributed by atoms with Gasteiger partial charge in [0.1, 0.15) is 17.4 Å². The Labute approximate surface area is 125 Å². The van der Waals surface area contributed by atoms with Crippen LogP contribution in [0.1, 0.15) is 55.1 Å². The van der Waals surface area contributed by atoms with Crippen LogP contribution in [0.4, 0.5) is 0 Å². The fourth-order valence-corrected chi connectivity index (χ4v) is 3.05. The molecule has 5 heteroatoms. The summed E-state index contributed by atoms with van der Waals surface area (Å²) in [5.74, 6) is 2.41. The monoisotopic (exact) mass is 286 g/mol. The summed E-state index contributed by atoms with van der Waals surface area (Å²) in [6, 6.07) is 5.84. The lowest BCUT2D eigenvalue weighted by atomic mass is 10.0. The van der Waals surface area contributed by atoms with E-state index in [9.17, 15) is 5.11 Å². The van der Waals surface area contributed by atoms with E-state index < -0.39 is 0 Å². The van der Waals surface area contributed by atoms with Gasteiger partial charge in [0.15, 0.2) is 0 Å². The molecule has 1 aromatic heterocycles. The Balaban J connectivity index is 1.77. The molecule has 2 N–H and O–H groups in total. The molecule has 3 rings (SSSR count). The molecule has 0 saturated heterocycles. The third-order valence-corrected chi connectivity index (χ3v) is 4.17. The minimum absolute atomic E-state index is 0.0502. The van der Waals surface area contributed by atoms with Gasteiger partial charge in [0.2, 0.25) is 0 Å². The minimum atomic E-state index is 0.0502. The first-order chi connectivity index (χ1) is 10.1. The maximum absolute atomic E-state index is 10.0. The van der Waals surface area contributed by atoms with Gasteiger partial charge in [-0.3, -0.25) is 0 Å². The number of aromatic hydroxyl groups is 1. The molecule has 1 aliphatic rings. The number of hydrogen-bond acceptors (Lipinski definition) is 4. The molecule has 21 heavy (non-hydrogen) atoms. The zero-order valence-electron chi connectivity index (χ0n) is 12.8. The van der Waals surface area contributed by atoms with Crippen LogP contribution in [0.2, 0.25) is 0 Å². The lowest BCUT2D eigenvalue weighted by molar-refractivity contribution is 0.426. The van der Waals surface area contributed by atoms with Crippen LogP contribution in [0, 0.1) is 6.92 Å². The first kappa shape index (κ1) is 14.1. The Kier molecular flexibility index (Phi) is 3.68. The summed E-state index contributed by atoms with van der Waals surface area (Å²) < 4.78 is 2.21. The van der Waals surface area contributed by atoms with Crippen LogP contribution in [0.5, 0.6) is 5.75 Å². The van der Waals surface area contributed by atoms with Crippen LogP contribution in [0.15, 0.2) is 18.2 Å². The first-order valence-electron chi connectivity index (χ1n) is 7.54. The fraction of sp³-hybridized carbons (Fsp3) is 0.500.